The molecule has 1 aromatic carbocycles. The zero-order valence-corrected chi connectivity index (χ0v) is 10.2. The second-order valence-electron chi connectivity index (χ2n) is 3.68. The van der Waals surface area contributed by atoms with Crippen molar-refractivity contribution in [1.29, 1.82) is 0 Å². The molecule has 0 aliphatic carbocycles. The van der Waals surface area contributed by atoms with E-state index < -0.39 is 0 Å². The number of hydrogen-bond donors (Lipinski definition) is 1. The average Bonchev–Trinajstić information content (AvgIpc) is 2.32. The Morgan fingerprint density at radius 2 is 1.88 bits per heavy atom. The number of aryl methyl sites for hydroxylation is 1. The lowest BCUT2D eigenvalue weighted by Gasteiger charge is -2.09. The van der Waals surface area contributed by atoms with Crippen molar-refractivity contribution >= 4 is 11.6 Å². The minimum Gasteiger partial charge on any atom is -0.439 e. The number of aromatic nitrogens is 1. The van der Waals surface area contributed by atoms with Crippen molar-refractivity contribution in [2.45, 2.75) is 13.5 Å². The summed E-state index contributed by atoms with van der Waals surface area (Å²) in [4.78, 5) is 4.33. The third-order valence-electron chi connectivity index (χ3n) is 2.33. The van der Waals surface area contributed by atoms with Crippen molar-refractivity contribution < 1.29 is 4.74 Å². The molecule has 0 radical (unpaired) electrons. The molecule has 0 bridgehead atoms. The summed E-state index contributed by atoms with van der Waals surface area (Å²) < 4.78 is 5.69. The van der Waals surface area contributed by atoms with E-state index in [4.69, 9.17) is 22.1 Å². The van der Waals surface area contributed by atoms with Crippen molar-refractivity contribution in [1.82, 2.24) is 4.98 Å². The Morgan fingerprint density at radius 3 is 2.53 bits per heavy atom. The van der Waals surface area contributed by atoms with Crippen molar-refractivity contribution in [2.75, 3.05) is 0 Å². The summed E-state index contributed by atoms with van der Waals surface area (Å²) in [5.74, 6) is 1.25. The molecule has 0 saturated heterocycles. The molecular formula is C13H13ClN2O. The summed E-state index contributed by atoms with van der Waals surface area (Å²) >= 11 is 5.81. The van der Waals surface area contributed by atoms with Crippen molar-refractivity contribution in [3.63, 3.8) is 0 Å². The van der Waals surface area contributed by atoms with Crippen molar-refractivity contribution in [2.24, 2.45) is 5.73 Å². The first-order valence-corrected chi connectivity index (χ1v) is 5.67. The maximum absolute atomic E-state index is 5.81. The Kier molecular flexibility index (Phi) is 3.61. The van der Waals surface area contributed by atoms with Gasteiger partial charge in [-0.05, 0) is 37.3 Å². The molecule has 4 heteroatoms. The van der Waals surface area contributed by atoms with Crippen LogP contribution in [0.5, 0.6) is 11.6 Å². The molecule has 17 heavy (non-hydrogen) atoms. The average molecular weight is 249 g/mol. The number of ether oxygens (including phenoxy) is 1. The fourth-order valence-electron chi connectivity index (χ4n) is 1.42. The Balaban J connectivity index is 2.28. The van der Waals surface area contributed by atoms with Gasteiger partial charge in [0.25, 0.3) is 0 Å². The maximum Gasteiger partial charge on any atom is 0.223 e. The molecule has 0 aliphatic rings. The first kappa shape index (κ1) is 11.9. The summed E-state index contributed by atoms with van der Waals surface area (Å²) in [6.07, 6.45) is 0. The highest BCUT2D eigenvalue weighted by Crippen LogP contribution is 2.24. The normalized spacial score (nSPS) is 10.3. The minimum atomic E-state index is 0.399. The van der Waals surface area contributed by atoms with E-state index in [0.717, 1.165) is 11.3 Å². The Bertz CT molecular complexity index is 511. The standard InChI is InChI=1S/C13H13ClN2O/c1-9-2-3-10(8-15)13(16-9)17-12-6-4-11(14)5-7-12/h2-7H,8,15H2,1H3. The van der Waals surface area contributed by atoms with Crippen LogP contribution in [0.1, 0.15) is 11.3 Å². The van der Waals surface area contributed by atoms with Gasteiger partial charge >= 0.3 is 0 Å². The number of benzene rings is 1. The fourth-order valence-corrected chi connectivity index (χ4v) is 1.55. The lowest BCUT2D eigenvalue weighted by Crippen LogP contribution is -2.02. The number of pyridine rings is 1. The molecule has 1 heterocycles. The van der Waals surface area contributed by atoms with Crippen LogP contribution in [0.3, 0.4) is 0 Å². The topological polar surface area (TPSA) is 48.1 Å². The Morgan fingerprint density at radius 1 is 1.18 bits per heavy atom. The van der Waals surface area contributed by atoms with E-state index in [1.807, 2.05) is 19.1 Å². The fraction of sp³-hybridized carbons (Fsp3) is 0.154. The zero-order valence-electron chi connectivity index (χ0n) is 9.48. The molecular weight excluding hydrogens is 236 g/mol. The van der Waals surface area contributed by atoms with Crippen molar-refractivity contribution in [3.8, 4) is 11.6 Å². The van der Waals surface area contributed by atoms with Crippen LogP contribution in [-0.4, -0.2) is 4.98 Å². The quantitative estimate of drug-likeness (QED) is 0.907. The molecule has 0 unspecified atom stereocenters. The van der Waals surface area contributed by atoms with E-state index in [0.29, 0.717) is 23.2 Å². The molecule has 1 aromatic heterocycles. The number of rotatable bonds is 3. The van der Waals surface area contributed by atoms with Crippen LogP contribution in [-0.2, 0) is 6.54 Å². The van der Waals surface area contributed by atoms with Gasteiger partial charge in [-0.1, -0.05) is 17.7 Å². The Labute approximate surface area is 105 Å². The molecule has 2 aromatic rings. The molecule has 0 fully saturated rings. The summed E-state index contributed by atoms with van der Waals surface area (Å²) in [7, 11) is 0. The second-order valence-corrected chi connectivity index (χ2v) is 4.11. The maximum atomic E-state index is 5.81. The van der Waals surface area contributed by atoms with E-state index >= 15 is 0 Å². The third kappa shape index (κ3) is 2.96. The van der Waals surface area contributed by atoms with Gasteiger partial charge in [-0.2, -0.15) is 0 Å². The van der Waals surface area contributed by atoms with E-state index in [9.17, 15) is 0 Å². The largest absolute Gasteiger partial charge is 0.439 e. The first-order valence-electron chi connectivity index (χ1n) is 5.29. The predicted molar refractivity (Wildman–Crippen MR) is 68.4 cm³/mol. The lowest BCUT2D eigenvalue weighted by molar-refractivity contribution is 0.455. The summed E-state index contributed by atoms with van der Waals surface area (Å²) in [6.45, 7) is 2.31. The SMILES string of the molecule is Cc1ccc(CN)c(Oc2ccc(Cl)cc2)n1. The molecule has 0 amide bonds. The molecule has 0 saturated carbocycles. The molecule has 0 spiro atoms. The summed E-state index contributed by atoms with van der Waals surface area (Å²) in [5.41, 5.74) is 7.41. The highest BCUT2D eigenvalue weighted by atomic mass is 35.5. The van der Waals surface area contributed by atoms with Gasteiger partial charge < -0.3 is 10.5 Å². The summed E-state index contributed by atoms with van der Waals surface area (Å²) in [5, 5.41) is 0.675. The zero-order chi connectivity index (χ0) is 12.3. The van der Waals surface area contributed by atoms with Gasteiger partial charge in [0.1, 0.15) is 5.75 Å². The van der Waals surface area contributed by atoms with Gasteiger partial charge in [0, 0.05) is 22.8 Å². The minimum absolute atomic E-state index is 0.399. The van der Waals surface area contributed by atoms with Crippen LogP contribution in [0.2, 0.25) is 5.02 Å². The highest BCUT2D eigenvalue weighted by Gasteiger charge is 2.05. The molecule has 0 atom stereocenters. The van der Waals surface area contributed by atoms with Crippen LogP contribution >= 0.6 is 11.6 Å². The van der Waals surface area contributed by atoms with Gasteiger partial charge in [-0.25, -0.2) is 4.98 Å². The van der Waals surface area contributed by atoms with Gasteiger partial charge in [0.05, 0.1) is 0 Å². The van der Waals surface area contributed by atoms with E-state index in [-0.39, 0.29) is 0 Å². The first-order chi connectivity index (χ1) is 8.19. The van der Waals surface area contributed by atoms with E-state index in [2.05, 4.69) is 4.98 Å². The van der Waals surface area contributed by atoms with Gasteiger partial charge in [0.15, 0.2) is 0 Å². The molecule has 88 valence electrons. The lowest BCUT2D eigenvalue weighted by atomic mass is 10.2. The van der Waals surface area contributed by atoms with Crippen LogP contribution in [0.25, 0.3) is 0 Å². The van der Waals surface area contributed by atoms with Crippen molar-refractivity contribution in [3.05, 3.63) is 52.7 Å². The highest BCUT2D eigenvalue weighted by molar-refractivity contribution is 6.30. The third-order valence-corrected chi connectivity index (χ3v) is 2.58. The molecule has 0 aliphatic heterocycles. The van der Waals surface area contributed by atoms with Crippen LogP contribution in [0, 0.1) is 6.92 Å². The smallest absolute Gasteiger partial charge is 0.223 e. The van der Waals surface area contributed by atoms with Crippen LogP contribution < -0.4 is 10.5 Å². The van der Waals surface area contributed by atoms with E-state index in [1.165, 1.54) is 0 Å². The van der Waals surface area contributed by atoms with Gasteiger partial charge in [-0.15, -0.1) is 0 Å². The second kappa shape index (κ2) is 5.17. The number of hydrogen-bond acceptors (Lipinski definition) is 3. The van der Waals surface area contributed by atoms with E-state index in [1.54, 1.807) is 24.3 Å². The monoisotopic (exact) mass is 248 g/mol. The van der Waals surface area contributed by atoms with Crippen LogP contribution in [0.15, 0.2) is 36.4 Å². The number of nitrogens with two attached hydrogens (primary N) is 1. The molecule has 2 N–H and O–H groups in total. The van der Waals surface area contributed by atoms with Gasteiger partial charge in [0.2, 0.25) is 5.88 Å². The van der Waals surface area contributed by atoms with Gasteiger partial charge in [-0.3, -0.25) is 0 Å². The predicted octanol–water partition coefficient (Wildman–Crippen LogP) is 3.29. The molecule has 2 rings (SSSR count). The van der Waals surface area contributed by atoms with Crippen LogP contribution in [0.4, 0.5) is 0 Å². The number of halogens is 1. The summed E-state index contributed by atoms with van der Waals surface area (Å²) in [6, 6.07) is 11.0. The molecule has 3 nitrogen and oxygen atoms in total. The number of nitrogens with zero attached hydrogens (tertiary/aromatic N) is 1. The Hall–Kier alpha value is -1.58.